The lowest BCUT2D eigenvalue weighted by Gasteiger charge is -2.24. The Hall–Kier alpha value is -2.49. The normalized spacial score (nSPS) is 11.8. The highest BCUT2D eigenvalue weighted by Crippen LogP contribution is 2.24. The second kappa shape index (κ2) is 8.48. The van der Waals surface area contributed by atoms with Gasteiger partial charge in [-0.25, -0.2) is 8.42 Å². The number of carbonyl (C=O) groups excluding carboxylic acids is 1. The van der Waals surface area contributed by atoms with Crippen molar-refractivity contribution in [2.75, 3.05) is 5.32 Å². The topological polar surface area (TPSA) is 98.2 Å². The average Bonchev–Trinajstić information content (AvgIpc) is 3.10. The van der Waals surface area contributed by atoms with Crippen LogP contribution in [0.3, 0.4) is 0 Å². The van der Waals surface area contributed by atoms with Crippen LogP contribution in [0.5, 0.6) is 5.75 Å². The van der Waals surface area contributed by atoms with Crippen molar-refractivity contribution in [2.24, 2.45) is 0 Å². The molecule has 10 heteroatoms. The fourth-order valence-electron chi connectivity index (χ4n) is 2.33. The molecule has 0 fully saturated rings. The Morgan fingerprint density at radius 1 is 1.10 bits per heavy atom. The number of nitrogens with one attached hydrogen (secondary N) is 1. The van der Waals surface area contributed by atoms with Gasteiger partial charge in [0.1, 0.15) is 16.5 Å². The van der Waals surface area contributed by atoms with Crippen molar-refractivity contribution in [1.82, 2.24) is 10.2 Å². The monoisotopic (exact) mass is 451 g/mol. The van der Waals surface area contributed by atoms with E-state index in [0.29, 0.717) is 10.8 Å². The quantitative estimate of drug-likeness (QED) is 0.583. The summed E-state index contributed by atoms with van der Waals surface area (Å²) in [6.45, 7) is 3.22. The number of carbonyl (C=O) groups is 1. The summed E-state index contributed by atoms with van der Waals surface area (Å²) in [5, 5.41) is 11.4. The highest BCUT2D eigenvalue weighted by molar-refractivity contribution is 7.90. The summed E-state index contributed by atoms with van der Waals surface area (Å²) in [4.78, 5) is 12.8. The number of amides is 1. The fraction of sp³-hybridized carbons (Fsp3) is 0.211. The van der Waals surface area contributed by atoms with Gasteiger partial charge in [0.25, 0.3) is 5.91 Å². The number of hydrogen-bond donors (Lipinski definition) is 1. The minimum atomic E-state index is -3.54. The number of ether oxygens (including phenoxy) is 1. The van der Waals surface area contributed by atoms with Gasteiger partial charge in [-0.15, -0.1) is 10.2 Å². The van der Waals surface area contributed by atoms with Gasteiger partial charge in [-0.05, 0) is 50.2 Å². The molecule has 152 valence electrons. The molecule has 0 aliphatic carbocycles. The molecule has 0 atom stereocenters. The van der Waals surface area contributed by atoms with E-state index in [4.69, 9.17) is 16.3 Å². The average molecular weight is 452 g/mol. The number of aromatic nitrogens is 2. The Bertz CT molecular complexity index is 1100. The summed E-state index contributed by atoms with van der Waals surface area (Å²) in [5.41, 5.74) is -1.20. The highest BCUT2D eigenvalue weighted by atomic mass is 35.5. The predicted octanol–water partition coefficient (Wildman–Crippen LogP) is 3.96. The van der Waals surface area contributed by atoms with Gasteiger partial charge in [0.2, 0.25) is 5.13 Å². The maximum atomic E-state index is 12.6. The lowest BCUT2D eigenvalue weighted by molar-refractivity contribution is -0.128. The molecule has 0 radical (unpaired) electrons. The Kier molecular flexibility index (Phi) is 6.21. The molecule has 29 heavy (non-hydrogen) atoms. The van der Waals surface area contributed by atoms with Crippen LogP contribution >= 0.6 is 22.9 Å². The van der Waals surface area contributed by atoms with Gasteiger partial charge in [0.05, 0.1) is 4.90 Å². The number of nitrogens with zero attached hydrogens (tertiary/aromatic N) is 2. The molecule has 0 bridgehead atoms. The zero-order valence-electron chi connectivity index (χ0n) is 15.6. The third-order valence-corrected chi connectivity index (χ3v) is 6.75. The molecule has 1 heterocycles. The molecule has 0 aliphatic rings. The van der Waals surface area contributed by atoms with Crippen molar-refractivity contribution < 1.29 is 17.9 Å². The van der Waals surface area contributed by atoms with Gasteiger partial charge in [-0.1, -0.05) is 41.1 Å². The summed E-state index contributed by atoms with van der Waals surface area (Å²) in [7, 11) is -3.54. The number of benzene rings is 2. The van der Waals surface area contributed by atoms with Gasteiger partial charge in [0, 0.05) is 5.02 Å². The van der Waals surface area contributed by atoms with E-state index in [1.165, 1.54) is 12.1 Å². The summed E-state index contributed by atoms with van der Waals surface area (Å²) >= 11 is 6.85. The smallest absolute Gasteiger partial charge is 0.269 e. The zero-order valence-corrected chi connectivity index (χ0v) is 18.0. The predicted molar refractivity (Wildman–Crippen MR) is 112 cm³/mol. The molecular weight excluding hydrogens is 434 g/mol. The molecule has 7 nitrogen and oxygen atoms in total. The lowest BCUT2D eigenvalue weighted by atomic mass is 10.1. The van der Waals surface area contributed by atoms with Gasteiger partial charge in [0.15, 0.2) is 15.4 Å². The van der Waals surface area contributed by atoms with Crippen LogP contribution in [0.25, 0.3) is 0 Å². The van der Waals surface area contributed by atoms with Gasteiger partial charge in [-0.2, -0.15) is 0 Å². The van der Waals surface area contributed by atoms with Crippen molar-refractivity contribution in [2.45, 2.75) is 30.1 Å². The molecule has 0 aliphatic heterocycles. The molecule has 0 spiro atoms. The van der Waals surface area contributed by atoms with E-state index in [9.17, 15) is 13.2 Å². The lowest BCUT2D eigenvalue weighted by Crippen LogP contribution is -2.42. The number of rotatable bonds is 7. The molecule has 1 N–H and O–H groups in total. The molecule has 0 saturated heterocycles. The van der Waals surface area contributed by atoms with E-state index in [0.717, 1.165) is 11.3 Å². The van der Waals surface area contributed by atoms with Crippen molar-refractivity contribution in [3.63, 3.8) is 0 Å². The van der Waals surface area contributed by atoms with E-state index < -0.39 is 21.3 Å². The van der Waals surface area contributed by atoms with E-state index in [-0.39, 0.29) is 20.8 Å². The van der Waals surface area contributed by atoms with Crippen LogP contribution in [0.2, 0.25) is 5.02 Å². The van der Waals surface area contributed by atoms with Crippen molar-refractivity contribution in [1.29, 1.82) is 0 Å². The molecule has 2 aromatic carbocycles. The first-order valence-corrected chi connectivity index (χ1v) is 11.4. The van der Waals surface area contributed by atoms with Gasteiger partial charge in [-0.3, -0.25) is 10.1 Å². The van der Waals surface area contributed by atoms with E-state index in [1.54, 1.807) is 56.3 Å². The standard InChI is InChI=1S/C19H18ClN3O4S2/c1-19(2,27-14-10-8-13(20)9-11-14)17(24)21-18-23-22-16(28-18)12-29(25,26)15-6-4-3-5-7-15/h3-11H,12H2,1-2H3,(H,21,23,24). The van der Waals surface area contributed by atoms with Gasteiger partial charge >= 0.3 is 0 Å². The number of sulfone groups is 1. The minimum absolute atomic E-state index is 0.195. The van der Waals surface area contributed by atoms with Crippen molar-refractivity contribution >= 4 is 43.8 Å². The third kappa shape index (κ3) is 5.53. The maximum absolute atomic E-state index is 12.6. The summed E-state index contributed by atoms with van der Waals surface area (Å²) < 4.78 is 30.6. The number of halogens is 1. The van der Waals surface area contributed by atoms with E-state index in [1.807, 2.05) is 0 Å². The van der Waals surface area contributed by atoms with Crippen LogP contribution in [0.1, 0.15) is 18.9 Å². The summed E-state index contributed by atoms with van der Waals surface area (Å²) in [6, 6.07) is 14.7. The zero-order chi connectivity index (χ0) is 21.1. The molecule has 3 aromatic rings. The first-order chi connectivity index (χ1) is 13.7. The highest BCUT2D eigenvalue weighted by Gasteiger charge is 2.31. The van der Waals surface area contributed by atoms with E-state index in [2.05, 4.69) is 15.5 Å². The largest absolute Gasteiger partial charge is 0.478 e. The summed E-state index contributed by atoms with van der Waals surface area (Å²) in [5.74, 6) is -0.252. The Labute approximate surface area is 177 Å². The SMILES string of the molecule is CC(C)(Oc1ccc(Cl)cc1)C(=O)Nc1nnc(CS(=O)(=O)c2ccccc2)s1. The van der Waals surface area contributed by atoms with Gasteiger partial charge < -0.3 is 4.74 Å². The van der Waals surface area contributed by atoms with E-state index >= 15 is 0 Å². The number of hydrogen-bond acceptors (Lipinski definition) is 7. The Morgan fingerprint density at radius 3 is 2.41 bits per heavy atom. The number of anilines is 1. The third-order valence-electron chi connectivity index (χ3n) is 3.84. The second-order valence-electron chi connectivity index (χ2n) is 6.59. The van der Waals surface area contributed by atoms with Crippen LogP contribution < -0.4 is 10.1 Å². The maximum Gasteiger partial charge on any atom is 0.269 e. The summed E-state index contributed by atoms with van der Waals surface area (Å²) in [6.07, 6.45) is 0. The van der Waals surface area contributed by atoms with Crippen LogP contribution in [0.4, 0.5) is 5.13 Å². The van der Waals surface area contributed by atoms with Crippen LogP contribution in [-0.4, -0.2) is 30.1 Å². The minimum Gasteiger partial charge on any atom is -0.478 e. The molecule has 0 saturated carbocycles. The fourth-order valence-corrected chi connectivity index (χ4v) is 4.81. The first kappa shape index (κ1) is 21.2. The van der Waals surface area contributed by atoms with Crippen LogP contribution in [0.15, 0.2) is 59.5 Å². The molecular formula is C19H18ClN3O4S2. The molecule has 1 aromatic heterocycles. The Balaban J connectivity index is 1.66. The first-order valence-electron chi connectivity index (χ1n) is 8.52. The van der Waals surface area contributed by atoms with Crippen LogP contribution in [-0.2, 0) is 20.4 Å². The Morgan fingerprint density at radius 2 is 1.76 bits per heavy atom. The van der Waals surface area contributed by atoms with Crippen molar-refractivity contribution in [3.8, 4) is 5.75 Å². The van der Waals surface area contributed by atoms with Crippen molar-refractivity contribution in [3.05, 3.63) is 64.6 Å². The molecule has 0 unspecified atom stereocenters. The molecule has 1 amide bonds. The molecule has 3 rings (SSSR count). The second-order valence-corrected chi connectivity index (χ2v) is 10.1. The van der Waals surface area contributed by atoms with Crippen LogP contribution in [0, 0.1) is 0 Å².